The number of carbonyl (C=O) groups is 1. The molecule has 0 radical (unpaired) electrons. The molecule has 3 heteroatoms. The largest absolute Gasteiger partial charge is 0.441 e. The van der Waals surface area contributed by atoms with Gasteiger partial charge in [0.2, 0.25) is 0 Å². The minimum absolute atomic E-state index is 0.0784. The number of nitrogens with two attached hydrogens (primary N) is 1. The zero-order chi connectivity index (χ0) is 18.2. The van der Waals surface area contributed by atoms with Crippen LogP contribution in [0.25, 0.3) is 0 Å². The third-order valence-electron chi connectivity index (χ3n) is 4.48. The van der Waals surface area contributed by atoms with Gasteiger partial charge in [-0.2, -0.15) is 0 Å². The van der Waals surface area contributed by atoms with Crippen LogP contribution in [0.3, 0.4) is 0 Å². The minimum atomic E-state index is -0.745. The molecule has 0 bridgehead atoms. The van der Waals surface area contributed by atoms with Crippen molar-refractivity contribution in [1.82, 2.24) is 0 Å². The van der Waals surface area contributed by atoms with Crippen LogP contribution in [0.1, 0.15) is 22.8 Å². The summed E-state index contributed by atoms with van der Waals surface area (Å²) in [5.74, 6) is 0.0784. The van der Waals surface area contributed by atoms with Crippen LogP contribution in [0.15, 0.2) is 91.0 Å². The van der Waals surface area contributed by atoms with Crippen LogP contribution in [0.5, 0.6) is 0 Å². The fourth-order valence-electron chi connectivity index (χ4n) is 3.32. The van der Waals surface area contributed by atoms with E-state index in [0.717, 1.165) is 18.4 Å². The fraction of sp³-hybridized carbons (Fsp3) is 0.174. The number of rotatable bonds is 7. The molecule has 0 aliphatic rings. The van der Waals surface area contributed by atoms with Crippen molar-refractivity contribution >= 4 is 6.09 Å². The number of ether oxygens (including phenoxy) is 1. The summed E-state index contributed by atoms with van der Waals surface area (Å²) in [6.07, 6.45) is 0.449. The van der Waals surface area contributed by atoms with E-state index in [9.17, 15) is 4.79 Å². The van der Waals surface area contributed by atoms with Gasteiger partial charge in [0.15, 0.2) is 0 Å². The van der Waals surface area contributed by atoms with E-state index in [2.05, 4.69) is 24.3 Å². The van der Waals surface area contributed by atoms with Crippen molar-refractivity contribution in [2.75, 3.05) is 0 Å². The van der Waals surface area contributed by atoms with Crippen molar-refractivity contribution in [2.45, 2.75) is 18.9 Å². The topological polar surface area (TPSA) is 52.3 Å². The van der Waals surface area contributed by atoms with Crippen LogP contribution in [0.4, 0.5) is 4.79 Å². The summed E-state index contributed by atoms with van der Waals surface area (Å²) in [6.45, 7) is 0. The molecule has 1 atom stereocenters. The Hall–Kier alpha value is -3.07. The fourth-order valence-corrected chi connectivity index (χ4v) is 3.32. The normalized spacial score (nSPS) is 11.9. The van der Waals surface area contributed by atoms with Gasteiger partial charge >= 0.3 is 6.09 Å². The number of amides is 1. The Bertz CT molecular complexity index is 762. The highest BCUT2D eigenvalue weighted by atomic mass is 16.6. The molecule has 1 amide bonds. The smallest absolute Gasteiger partial charge is 0.405 e. The molecule has 0 spiro atoms. The van der Waals surface area contributed by atoms with Gasteiger partial charge in [-0.15, -0.1) is 0 Å². The summed E-state index contributed by atoms with van der Waals surface area (Å²) in [6, 6.07) is 30.4. The van der Waals surface area contributed by atoms with Gasteiger partial charge in [0.25, 0.3) is 0 Å². The SMILES string of the molecule is NC(=O)OC(c1ccccc1)C(Cc1ccccc1)Cc1ccccc1. The van der Waals surface area contributed by atoms with Crippen molar-refractivity contribution in [1.29, 1.82) is 0 Å². The van der Waals surface area contributed by atoms with Gasteiger partial charge in [0.05, 0.1) is 0 Å². The van der Waals surface area contributed by atoms with E-state index < -0.39 is 12.2 Å². The number of hydrogen-bond donors (Lipinski definition) is 1. The van der Waals surface area contributed by atoms with E-state index in [4.69, 9.17) is 10.5 Å². The molecule has 0 saturated carbocycles. The number of primary amides is 1. The van der Waals surface area contributed by atoms with E-state index in [1.807, 2.05) is 66.7 Å². The van der Waals surface area contributed by atoms with Crippen LogP contribution in [0.2, 0.25) is 0 Å². The standard InChI is InChI=1S/C23H23NO2/c24-23(25)26-22(20-14-8-3-9-15-20)21(16-18-10-4-1-5-11-18)17-19-12-6-2-7-13-19/h1-15,21-22H,16-17H2,(H2,24,25). The molecule has 0 fully saturated rings. The first-order chi connectivity index (χ1) is 12.7. The van der Waals surface area contributed by atoms with E-state index in [1.54, 1.807) is 0 Å². The molecule has 0 saturated heterocycles. The first-order valence-corrected chi connectivity index (χ1v) is 8.81. The van der Waals surface area contributed by atoms with E-state index in [-0.39, 0.29) is 5.92 Å². The lowest BCUT2D eigenvalue weighted by Crippen LogP contribution is -2.26. The van der Waals surface area contributed by atoms with Gasteiger partial charge in [0, 0.05) is 5.92 Å². The second-order valence-electron chi connectivity index (χ2n) is 6.41. The zero-order valence-corrected chi connectivity index (χ0v) is 14.6. The molecule has 0 aliphatic heterocycles. The highest BCUT2D eigenvalue weighted by molar-refractivity contribution is 5.65. The average molecular weight is 345 g/mol. The van der Waals surface area contributed by atoms with Crippen LogP contribution >= 0.6 is 0 Å². The molecule has 2 N–H and O–H groups in total. The first kappa shape index (κ1) is 17.7. The van der Waals surface area contributed by atoms with Crippen molar-refractivity contribution < 1.29 is 9.53 Å². The third-order valence-corrected chi connectivity index (χ3v) is 4.48. The Balaban J connectivity index is 1.93. The maximum Gasteiger partial charge on any atom is 0.405 e. The lowest BCUT2D eigenvalue weighted by atomic mass is 9.85. The Morgan fingerprint density at radius 1 is 0.731 bits per heavy atom. The zero-order valence-electron chi connectivity index (χ0n) is 14.6. The molecule has 3 aromatic carbocycles. The summed E-state index contributed by atoms with van der Waals surface area (Å²) >= 11 is 0. The Labute approximate surface area is 154 Å². The molecule has 3 aromatic rings. The van der Waals surface area contributed by atoms with Crippen LogP contribution in [-0.4, -0.2) is 6.09 Å². The Morgan fingerprint density at radius 2 is 1.15 bits per heavy atom. The molecule has 132 valence electrons. The molecule has 0 aromatic heterocycles. The summed E-state index contributed by atoms with van der Waals surface area (Å²) in [5.41, 5.74) is 8.78. The maximum atomic E-state index is 11.6. The Kier molecular flexibility index (Phi) is 6.05. The van der Waals surface area contributed by atoms with Crippen molar-refractivity contribution in [3.8, 4) is 0 Å². The summed E-state index contributed by atoms with van der Waals surface area (Å²) in [7, 11) is 0. The molecule has 0 heterocycles. The summed E-state index contributed by atoms with van der Waals surface area (Å²) in [4.78, 5) is 11.6. The maximum absolute atomic E-state index is 11.6. The second-order valence-corrected chi connectivity index (χ2v) is 6.41. The van der Waals surface area contributed by atoms with Gasteiger partial charge in [-0.25, -0.2) is 4.79 Å². The molecule has 3 nitrogen and oxygen atoms in total. The number of hydrogen-bond acceptors (Lipinski definition) is 2. The monoisotopic (exact) mass is 345 g/mol. The molecule has 26 heavy (non-hydrogen) atoms. The van der Waals surface area contributed by atoms with Crippen LogP contribution in [0, 0.1) is 5.92 Å². The molecule has 0 aliphatic carbocycles. The lowest BCUT2D eigenvalue weighted by molar-refractivity contribution is 0.0672. The van der Waals surface area contributed by atoms with E-state index >= 15 is 0 Å². The highest BCUT2D eigenvalue weighted by Gasteiger charge is 2.27. The summed E-state index contributed by atoms with van der Waals surface area (Å²) < 4.78 is 5.58. The van der Waals surface area contributed by atoms with Crippen LogP contribution in [-0.2, 0) is 17.6 Å². The van der Waals surface area contributed by atoms with Gasteiger partial charge < -0.3 is 10.5 Å². The second kappa shape index (κ2) is 8.86. The van der Waals surface area contributed by atoms with Crippen molar-refractivity contribution in [3.05, 3.63) is 108 Å². The summed E-state index contributed by atoms with van der Waals surface area (Å²) in [5, 5.41) is 0. The Morgan fingerprint density at radius 3 is 1.58 bits per heavy atom. The van der Waals surface area contributed by atoms with Crippen LogP contribution < -0.4 is 5.73 Å². The first-order valence-electron chi connectivity index (χ1n) is 8.81. The van der Waals surface area contributed by atoms with E-state index in [0.29, 0.717) is 0 Å². The molecule has 1 unspecified atom stereocenters. The van der Waals surface area contributed by atoms with Gasteiger partial charge in [-0.3, -0.25) is 0 Å². The highest BCUT2D eigenvalue weighted by Crippen LogP contribution is 2.32. The molecular weight excluding hydrogens is 322 g/mol. The molecule has 3 rings (SSSR count). The average Bonchev–Trinajstić information content (AvgIpc) is 2.68. The van der Waals surface area contributed by atoms with Crippen molar-refractivity contribution in [2.24, 2.45) is 11.7 Å². The predicted molar refractivity (Wildman–Crippen MR) is 104 cm³/mol. The van der Waals surface area contributed by atoms with Crippen molar-refractivity contribution in [3.63, 3.8) is 0 Å². The number of benzene rings is 3. The molecular formula is C23H23NO2. The van der Waals surface area contributed by atoms with Gasteiger partial charge in [0.1, 0.15) is 6.10 Å². The quantitative estimate of drug-likeness (QED) is 0.660. The van der Waals surface area contributed by atoms with Gasteiger partial charge in [-0.05, 0) is 29.5 Å². The number of carbonyl (C=O) groups excluding carboxylic acids is 1. The third kappa shape index (κ3) is 4.96. The lowest BCUT2D eigenvalue weighted by Gasteiger charge is -2.27. The minimum Gasteiger partial charge on any atom is -0.441 e. The van der Waals surface area contributed by atoms with Gasteiger partial charge in [-0.1, -0.05) is 91.0 Å². The van der Waals surface area contributed by atoms with E-state index in [1.165, 1.54) is 11.1 Å². The predicted octanol–water partition coefficient (Wildman–Crippen LogP) is 4.92.